The molecule has 0 aliphatic heterocycles. The van der Waals surface area contributed by atoms with Crippen LogP contribution in [0.15, 0.2) is 48.5 Å². The van der Waals surface area contributed by atoms with Crippen molar-refractivity contribution in [1.29, 1.82) is 0 Å². The topological polar surface area (TPSA) is 32.3 Å². The largest absolute Gasteiger partial charge is 0.325 e. The maximum absolute atomic E-state index is 12.2. The van der Waals surface area contributed by atoms with Crippen LogP contribution in [-0.4, -0.2) is 24.4 Å². The van der Waals surface area contributed by atoms with Crippen molar-refractivity contribution in [2.45, 2.75) is 25.8 Å². The third kappa shape index (κ3) is 3.74. The smallest absolute Gasteiger partial charge is 0.238 e. The molecule has 0 radical (unpaired) electrons. The molecular formula is C19H22N2O. The number of nitrogens with zero attached hydrogens (tertiary/aromatic N) is 1. The molecule has 0 heterocycles. The summed E-state index contributed by atoms with van der Waals surface area (Å²) in [7, 11) is 1.97. The molecule has 0 spiro atoms. The molecule has 2 aromatic carbocycles. The van der Waals surface area contributed by atoms with Gasteiger partial charge in [-0.1, -0.05) is 36.4 Å². The fraction of sp³-hybridized carbons (Fsp3) is 0.316. The van der Waals surface area contributed by atoms with E-state index in [0.29, 0.717) is 6.54 Å². The number of carbonyl (C=O) groups excluding carboxylic acids is 1. The van der Waals surface area contributed by atoms with E-state index in [1.165, 1.54) is 29.5 Å². The van der Waals surface area contributed by atoms with Crippen LogP contribution >= 0.6 is 0 Å². The number of rotatable bonds is 5. The zero-order chi connectivity index (χ0) is 15.4. The first-order chi connectivity index (χ1) is 10.7. The average Bonchev–Trinajstić information content (AvgIpc) is 2.95. The van der Waals surface area contributed by atoms with E-state index < -0.39 is 0 Å². The molecule has 3 nitrogen and oxygen atoms in total. The molecule has 1 amide bonds. The minimum Gasteiger partial charge on any atom is -0.325 e. The minimum absolute atomic E-state index is 0.0383. The van der Waals surface area contributed by atoms with Gasteiger partial charge in [-0.05, 0) is 55.1 Å². The molecule has 1 N–H and O–H groups in total. The highest BCUT2D eigenvalue weighted by Crippen LogP contribution is 2.24. The number of fused-ring (bicyclic) bond motifs is 1. The van der Waals surface area contributed by atoms with Crippen molar-refractivity contribution in [2.24, 2.45) is 0 Å². The molecule has 22 heavy (non-hydrogen) atoms. The number of hydrogen-bond donors (Lipinski definition) is 1. The van der Waals surface area contributed by atoms with Gasteiger partial charge in [0.1, 0.15) is 0 Å². The first-order valence-corrected chi connectivity index (χ1v) is 7.85. The summed E-state index contributed by atoms with van der Waals surface area (Å²) >= 11 is 0. The molecule has 0 unspecified atom stereocenters. The lowest BCUT2D eigenvalue weighted by Crippen LogP contribution is -2.29. The van der Waals surface area contributed by atoms with Gasteiger partial charge in [0.2, 0.25) is 5.91 Å². The van der Waals surface area contributed by atoms with Crippen LogP contribution in [0.4, 0.5) is 5.69 Å². The van der Waals surface area contributed by atoms with Gasteiger partial charge in [0.05, 0.1) is 6.54 Å². The summed E-state index contributed by atoms with van der Waals surface area (Å²) in [4.78, 5) is 14.2. The average molecular weight is 294 g/mol. The van der Waals surface area contributed by atoms with E-state index in [9.17, 15) is 4.79 Å². The monoisotopic (exact) mass is 294 g/mol. The predicted molar refractivity (Wildman–Crippen MR) is 89.9 cm³/mol. The summed E-state index contributed by atoms with van der Waals surface area (Å²) in [5.74, 6) is 0.0383. The number of hydrogen-bond acceptors (Lipinski definition) is 2. The first-order valence-electron chi connectivity index (χ1n) is 7.85. The van der Waals surface area contributed by atoms with E-state index in [2.05, 4.69) is 29.6 Å². The second kappa shape index (κ2) is 6.75. The summed E-state index contributed by atoms with van der Waals surface area (Å²) in [6.07, 6.45) is 3.53. The number of aryl methyl sites for hydroxylation is 2. The van der Waals surface area contributed by atoms with Gasteiger partial charge in [-0.2, -0.15) is 0 Å². The standard InChI is InChI=1S/C19H22N2O/c1-21(13-15-6-3-2-4-7-15)14-19(22)20-18-11-10-16-8-5-9-17(16)12-18/h2-4,6-7,10-12H,5,8-9,13-14H2,1H3,(H,20,22). The predicted octanol–water partition coefficient (Wildman–Crippen LogP) is 3.25. The lowest BCUT2D eigenvalue weighted by atomic mass is 10.1. The van der Waals surface area contributed by atoms with E-state index in [1.807, 2.05) is 36.2 Å². The van der Waals surface area contributed by atoms with E-state index in [4.69, 9.17) is 0 Å². The van der Waals surface area contributed by atoms with Gasteiger partial charge in [-0.15, -0.1) is 0 Å². The Morgan fingerprint density at radius 3 is 2.68 bits per heavy atom. The number of carbonyl (C=O) groups is 1. The van der Waals surface area contributed by atoms with Crippen LogP contribution in [-0.2, 0) is 24.2 Å². The second-order valence-corrected chi connectivity index (χ2v) is 6.04. The number of anilines is 1. The Morgan fingerprint density at radius 2 is 1.86 bits per heavy atom. The Kier molecular flexibility index (Phi) is 4.54. The van der Waals surface area contributed by atoms with Gasteiger partial charge in [-0.3, -0.25) is 9.69 Å². The molecular weight excluding hydrogens is 272 g/mol. The number of nitrogens with one attached hydrogen (secondary N) is 1. The van der Waals surface area contributed by atoms with Gasteiger partial charge in [0.25, 0.3) is 0 Å². The Bertz CT molecular complexity index is 652. The van der Waals surface area contributed by atoms with Crippen LogP contribution in [0.25, 0.3) is 0 Å². The third-order valence-corrected chi connectivity index (χ3v) is 4.09. The van der Waals surface area contributed by atoms with E-state index >= 15 is 0 Å². The Morgan fingerprint density at radius 1 is 1.09 bits per heavy atom. The van der Waals surface area contributed by atoms with Crippen LogP contribution in [0, 0.1) is 0 Å². The van der Waals surface area contributed by atoms with Gasteiger partial charge in [0.15, 0.2) is 0 Å². The molecule has 0 atom stereocenters. The molecule has 0 bridgehead atoms. The maximum atomic E-state index is 12.2. The molecule has 0 aromatic heterocycles. The number of benzene rings is 2. The highest BCUT2D eigenvalue weighted by Gasteiger charge is 2.12. The van der Waals surface area contributed by atoms with Gasteiger partial charge in [-0.25, -0.2) is 0 Å². The zero-order valence-electron chi connectivity index (χ0n) is 13.0. The maximum Gasteiger partial charge on any atom is 0.238 e. The highest BCUT2D eigenvalue weighted by atomic mass is 16.2. The van der Waals surface area contributed by atoms with Crippen LogP contribution in [0.1, 0.15) is 23.1 Å². The molecule has 1 aliphatic rings. The molecule has 114 valence electrons. The van der Waals surface area contributed by atoms with E-state index in [1.54, 1.807) is 0 Å². The Labute approximate surface area is 132 Å². The van der Waals surface area contributed by atoms with Crippen molar-refractivity contribution in [3.63, 3.8) is 0 Å². The van der Waals surface area contributed by atoms with Gasteiger partial charge in [0, 0.05) is 12.2 Å². The van der Waals surface area contributed by atoms with Crippen LogP contribution in [0.3, 0.4) is 0 Å². The fourth-order valence-corrected chi connectivity index (χ4v) is 3.05. The van der Waals surface area contributed by atoms with Crippen molar-refractivity contribution in [1.82, 2.24) is 4.90 Å². The zero-order valence-corrected chi connectivity index (χ0v) is 13.0. The van der Waals surface area contributed by atoms with Gasteiger partial charge < -0.3 is 5.32 Å². The lowest BCUT2D eigenvalue weighted by molar-refractivity contribution is -0.117. The molecule has 0 saturated carbocycles. The van der Waals surface area contributed by atoms with Gasteiger partial charge >= 0.3 is 0 Å². The SMILES string of the molecule is CN(CC(=O)Nc1ccc2c(c1)CCC2)Cc1ccccc1. The quantitative estimate of drug-likeness (QED) is 0.918. The van der Waals surface area contributed by atoms with Crippen molar-refractivity contribution in [3.8, 4) is 0 Å². The van der Waals surface area contributed by atoms with Crippen LogP contribution in [0.5, 0.6) is 0 Å². The third-order valence-electron chi connectivity index (χ3n) is 4.09. The molecule has 3 rings (SSSR count). The Balaban J connectivity index is 1.54. The van der Waals surface area contributed by atoms with Crippen LogP contribution < -0.4 is 5.32 Å². The summed E-state index contributed by atoms with van der Waals surface area (Å²) in [6, 6.07) is 16.5. The molecule has 0 saturated heterocycles. The summed E-state index contributed by atoms with van der Waals surface area (Å²) < 4.78 is 0. The lowest BCUT2D eigenvalue weighted by Gasteiger charge is -2.16. The number of amides is 1. The minimum atomic E-state index is 0.0383. The Hall–Kier alpha value is -2.13. The molecule has 1 aliphatic carbocycles. The van der Waals surface area contributed by atoms with Crippen LogP contribution in [0.2, 0.25) is 0 Å². The van der Waals surface area contributed by atoms with Crippen molar-refractivity contribution >= 4 is 11.6 Å². The van der Waals surface area contributed by atoms with E-state index in [0.717, 1.165) is 18.7 Å². The van der Waals surface area contributed by atoms with E-state index in [-0.39, 0.29) is 5.91 Å². The highest BCUT2D eigenvalue weighted by molar-refractivity contribution is 5.92. The normalized spacial score (nSPS) is 13.2. The van der Waals surface area contributed by atoms with Crippen molar-refractivity contribution in [3.05, 3.63) is 65.2 Å². The van der Waals surface area contributed by atoms with Crippen molar-refractivity contribution < 1.29 is 4.79 Å². The fourth-order valence-electron chi connectivity index (χ4n) is 3.05. The number of likely N-dealkylation sites (N-methyl/N-ethyl adjacent to an activating group) is 1. The molecule has 0 fully saturated rings. The first kappa shape index (κ1) is 14.8. The summed E-state index contributed by atoms with van der Waals surface area (Å²) in [6.45, 7) is 1.17. The molecule has 2 aromatic rings. The van der Waals surface area contributed by atoms with Crippen molar-refractivity contribution in [2.75, 3.05) is 18.9 Å². The second-order valence-electron chi connectivity index (χ2n) is 6.04. The summed E-state index contributed by atoms with van der Waals surface area (Å²) in [5, 5.41) is 3.01. The summed E-state index contributed by atoms with van der Waals surface area (Å²) in [5.41, 5.74) is 4.95. The molecule has 3 heteroatoms.